The van der Waals surface area contributed by atoms with E-state index in [4.69, 9.17) is 5.73 Å². The lowest BCUT2D eigenvalue weighted by Gasteiger charge is -2.21. The third kappa shape index (κ3) is 2.14. The van der Waals surface area contributed by atoms with Crippen molar-refractivity contribution in [1.82, 2.24) is 5.32 Å². The highest BCUT2D eigenvalue weighted by Crippen LogP contribution is 2.60. The first-order valence-corrected chi connectivity index (χ1v) is 7.25. The molecule has 2 nitrogen and oxygen atoms in total. The molecule has 16 heavy (non-hydrogen) atoms. The third-order valence-corrected chi connectivity index (χ3v) is 5.34. The zero-order valence-corrected chi connectivity index (χ0v) is 10.4. The molecule has 0 aliphatic heterocycles. The molecule has 2 atom stereocenters. The smallest absolute Gasteiger partial charge is 0.00106 e. The van der Waals surface area contributed by atoms with Crippen molar-refractivity contribution in [2.45, 2.75) is 44.9 Å². The van der Waals surface area contributed by atoms with Crippen LogP contribution >= 0.6 is 0 Å². The predicted octanol–water partition coefficient (Wildman–Crippen LogP) is 2.14. The summed E-state index contributed by atoms with van der Waals surface area (Å²) in [4.78, 5) is 0. The average molecular weight is 222 g/mol. The highest BCUT2D eigenvalue weighted by atomic mass is 14.9. The topological polar surface area (TPSA) is 38.0 Å². The Bertz CT molecular complexity index is 243. The van der Waals surface area contributed by atoms with Crippen LogP contribution in [0, 0.1) is 23.2 Å². The molecule has 0 bridgehead atoms. The van der Waals surface area contributed by atoms with Gasteiger partial charge < -0.3 is 11.1 Å². The van der Waals surface area contributed by atoms with Crippen molar-refractivity contribution in [1.29, 1.82) is 0 Å². The van der Waals surface area contributed by atoms with Crippen LogP contribution in [0.3, 0.4) is 0 Å². The molecule has 3 saturated carbocycles. The number of nitrogens with one attached hydrogen (secondary N) is 1. The largest absolute Gasteiger partial charge is 0.330 e. The molecule has 3 fully saturated rings. The van der Waals surface area contributed by atoms with E-state index < -0.39 is 0 Å². The van der Waals surface area contributed by atoms with Crippen molar-refractivity contribution >= 4 is 0 Å². The van der Waals surface area contributed by atoms with Crippen LogP contribution in [0.1, 0.15) is 44.9 Å². The minimum atomic E-state index is 0.761. The highest BCUT2D eigenvalue weighted by molar-refractivity contribution is 5.05. The lowest BCUT2D eigenvalue weighted by Crippen LogP contribution is -2.33. The second kappa shape index (κ2) is 4.30. The summed E-state index contributed by atoms with van der Waals surface area (Å²) < 4.78 is 0. The molecule has 0 aromatic rings. The molecular formula is C14H26N2. The Labute approximate surface area is 99.4 Å². The summed E-state index contributed by atoms with van der Waals surface area (Å²) >= 11 is 0. The Kier molecular flexibility index (Phi) is 2.97. The fourth-order valence-electron chi connectivity index (χ4n) is 3.78. The Morgan fingerprint density at radius 1 is 1.06 bits per heavy atom. The minimum absolute atomic E-state index is 0.761. The van der Waals surface area contributed by atoms with Gasteiger partial charge in [0.1, 0.15) is 0 Å². The van der Waals surface area contributed by atoms with Crippen LogP contribution in [0.2, 0.25) is 0 Å². The summed E-state index contributed by atoms with van der Waals surface area (Å²) in [6, 6.07) is 0. The summed E-state index contributed by atoms with van der Waals surface area (Å²) in [6.07, 6.45) is 10.2. The van der Waals surface area contributed by atoms with Crippen LogP contribution in [0.5, 0.6) is 0 Å². The maximum absolute atomic E-state index is 5.82. The summed E-state index contributed by atoms with van der Waals surface area (Å²) in [6.45, 7) is 3.43. The monoisotopic (exact) mass is 222 g/mol. The van der Waals surface area contributed by atoms with Crippen molar-refractivity contribution < 1.29 is 0 Å². The van der Waals surface area contributed by atoms with Gasteiger partial charge in [0.15, 0.2) is 0 Å². The summed E-state index contributed by atoms with van der Waals surface area (Å²) in [7, 11) is 0. The molecular weight excluding hydrogens is 196 g/mol. The number of hydrogen-bond donors (Lipinski definition) is 2. The standard InChI is InChI=1S/C14H26N2/c15-8-11-2-1-3-12(11)9-16-10-14(6-7-14)13-4-5-13/h11-13,16H,1-10,15H2. The maximum Gasteiger partial charge on any atom is 0.00106 e. The van der Waals surface area contributed by atoms with E-state index in [-0.39, 0.29) is 0 Å². The molecule has 3 aliphatic rings. The summed E-state index contributed by atoms with van der Waals surface area (Å²) in [5, 5.41) is 3.76. The molecule has 3 N–H and O–H groups in total. The zero-order chi connectivity index (χ0) is 11.0. The predicted molar refractivity (Wildman–Crippen MR) is 67.1 cm³/mol. The third-order valence-electron chi connectivity index (χ3n) is 5.34. The van der Waals surface area contributed by atoms with E-state index in [0.29, 0.717) is 0 Å². The van der Waals surface area contributed by atoms with E-state index in [9.17, 15) is 0 Å². The average Bonchev–Trinajstić information content (AvgIpc) is 3.17. The van der Waals surface area contributed by atoms with Crippen LogP contribution in [0.4, 0.5) is 0 Å². The Balaban J connectivity index is 1.39. The van der Waals surface area contributed by atoms with Crippen LogP contribution in [-0.2, 0) is 0 Å². The van der Waals surface area contributed by atoms with Gasteiger partial charge in [0.25, 0.3) is 0 Å². The highest BCUT2D eigenvalue weighted by Gasteiger charge is 2.53. The fraction of sp³-hybridized carbons (Fsp3) is 1.00. The van der Waals surface area contributed by atoms with E-state index in [1.807, 2.05) is 0 Å². The molecule has 3 aliphatic carbocycles. The van der Waals surface area contributed by atoms with Gasteiger partial charge in [-0.05, 0) is 74.8 Å². The molecule has 0 heterocycles. The van der Waals surface area contributed by atoms with Gasteiger partial charge in [-0.15, -0.1) is 0 Å². The number of rotatable bonds is 6. The van der Waals surface area contributed by atoms with Gasteiger partial charge in [0.2, 0.25) is 0 Å². The quantitative estimate of drug-likeness (QED) is 0.722. The van der Waals surface area contributed by atoms with Gasteiger partial charge in [-0.2, -0.15) is 0 Å². The minimum Gasteiger partial charge on any atom is -0.330 e. The van der Waals surface area contributed by atoms with Crippen molar-refractivity contribution in [3.8, 4) is 0 Å². The molecule has 2 heteroatoms. The van der Waals surface area contributed by atoms with E-state index in [0.717, 1.165) is 29.7 Å². The Hall–Kier alpha value is -0.0800. The van der Waals surface area contributed by atoms with Gasteiger partial charge in [0.05, 0.1) is 0 Å². The molecule has 0 amide bonds. The number of hydrogen-bond acceptors (Lipinski definition) is 2. The molecule has 3 rings (SSSR count). The van der Waals surface area contributed by atoms with Gasteiger partial charge >= 0.3 is 0 Å². The van der Waals surface area contributed by atoms with Crippen molar-refractivity contribution in [3.05, 3.63) is 0 Å². The number of nitrogens with two attached hydrogens (primary N) is 1. The van der Waals surface area contributed by atoms with Gasteiger partial charge in [-0.1, -0.05) is 6.42 Å². The normalized spacial score (nSPS) is 36.6. The first kappa shape index (κ1) is 11.0. The molecule has 2 unspecified atom stereocenters. The van der Waals surface area contributed by atoms with Crippen LogP contribution in [0.15, 0.2) is 0 Å². The summed E-state index contributed by atoms with van der Waals surface area (Å²) in [5.74, 6) is 2.78. The molecule has 0 spiro atoms. The Morgan fingerprint density at radius 2 is 1.81 bits per heavy atom. The van der Waals surface area contributed by atoms with E-state index in [1.54, 1.807) is 0 Å². The van der Waals surface area contributed by atoms with E-state index in [1.165, 1.54) is 58.0 Å². The van der Waals surface area contributed by atoms with Gasteiger partial charge in [-0.3, -0.25) is 0 Å². The molecule has 0 saturated heterocycles. The first-order chi connectivity index (χ1) is 7.84. The molecule has 0 radical (unpaired) electrons. The summed E-state index contributed by atoms with van der Waals surface area (Å²) in [5.41, 5.74) is 6.59. The molecule has 0 aromatic carbocycles. The second-order valence-corrected chi connectivity index (χ2v) is 6.45. The van der Waals surface area contributed by atoms with Crippen LogP contribution in [0.25, 0.3) is 0 Å². The SMILES string of the molecule is NCC1CCCC1CNCC1(C2CC2)CC1. The second-order valence-electron chi connectivity index (χ2n) is 6.45. The lowest BCUT2D eigenvalue weighted by molar-refractivity contribution is 0.338. The van der Waals surface area contributed by atoms with Gasteiger partial charge in [-0.25, -0.2) is 0 Å². The van der Waals surface area contributed by atoms with Crippen molar-refractivity contribution in [3.63, 3.8) is 0 Å². The molecule has 0 aromatic heterocycles. The van der Waals surface area contributed by atoms with Crippen LogP contribution in [-0.4, -0.2) is 19.6 Å². The van der Waals surface area contributed by atoms with E-state index in [2.05, 4.69) is 5.32 Å². The van der Waals surface area contributed by atoms with E-state index >= 15 is 0 Å². The van der Waals surface area contributed by atoms with Gasteiger partial charge in [0, 0.05) is 6.54 Å². The maximum atomic E-state index is 5.82. The van der Waals surface area contributed by atoms with Crippen molar-refractivity contribution in [2.75, 3.05) is 19.6 Å². The van der Waals surface area contributed by atoms with Crippen LogP contribution < -0.4 is 11.1 Å². The molecule has 92 valence electrons. The first-order valence-electron chi connectivity index (χ1n) is 7.25. The van der Waals surface area contributed by atoms with Crippen molar-refractivity contribution in [2.24, 2.45) is 28.9 Å². The Morgan fingerprint density at radius 3 is 2.44 bits per heavy atom. The zero-order valence-electron chi connectivity index (χ0n) is 10.4. The fourth-order valence-corrected chi connectivity index (χ4v) is 3.78. The lowest BCUT2D eigenvalue weighted by atomic mass is 9.95.